The second kappa shape index (κ2) is 10.1. The molecule has 6 heteroatoms. The summed E-state index contributed by atoms with van der Waals surface area (Å²) >= 11 is 0. The SMILES string of the molecule is CN(C)c1ccc(CCCNC(=O)Nc2ccc(Oc3cccnc3)cc2)cc1. The van der Waals surface area contributed by atoms with Gasteiger partial charge in [0.1, 0.15) is 11.5 Å². The van der Waals surface area contributed by atoms with E-state index in [0.717, 1.165) is 12.8 Å². The third kappa shape index (κ3) is 6.53. The van der Waals surface area contributed by atoms with Gasteiger partial charge < -0.3 is 20.3 Å². The fourth-order valence-corrected chi connectivity index (χ4v) is 2.78. The van der Waals surface area contributed by atoms with Crippen LogP contribution in [0, 0.1) is 0 Å². The van der Waals surface area contributed by atoms with E-state index in [1.54, 1.807) is 36.7 Å². The zero-order valence-electron chi connectivity index (χ0n) is 16.8. The van der Waals surface area contributed by atoms with E-state index >= 15 is 0 Å². The first-order chi connectivity index (χ1) is 14.1. The van der Waals surface area contributed by atoms with E-state index in [1.807, 2.05) is 26.2 Å². The summed E-state index contributed by atoms with van der Waals surface area (Å²) in [6.45, 7) is 0.615. The quantitative estimate of drug-likeness (QED) is 0.548. The number of rotatable bonds is 8. The number of amides is 2. The van der Waals surface area contributed by atoms with Gasteiger partial charge in [-0.1, -0.05) is 12.1 Å². The summed E-state index contributed by atoms with van der Waals surface area (Å²) in [5, 5.41) is 5.72. The molecule has 1 heterocycles. The van der Waals surface area contributed by atoms with Crippen molar-refractivity contribution in [1.82, 2.24) is 10.3 Å². The molecule has 0 saturated heterocycles. The number of aromatic nitrogens is 1. The van der Waals surface area contributed by atoms with Crippen LogP contribution in [0.1, 0.15) is 12.0 Å². The van der Waals surface area contributed by atoms with Gasteiger partial charge in [-0.05, 0) is 66.9 Å². The summed E-state index contributed by atoms with van der Waals surface area (Å²) in [5.74, 6) is 1.35. The van der Waals surface area contributed by atoms with Crippen molar-refractivity contribution in [2.24, 2.45) is 0 Å². The second-order valence-electron chi connectivity index (χ2n) is 6.86. The first kappa shape index (κ1) is 20.2. The molecule has 3 aromatic rings. The fourth-order valence-electron chi connectivity index (χ4n) is 2.78. The second-order valence-corrected chi connectivity index (χ2v) is 6.86. The van der Waals surface area contributed by atoms with E-state index < -0.39 is 0 Å². The molecule has 29 heavy (non-hydrogen) atoms. The fraction of sp³-hybridized carbons (Fsp3) is 0.217. The summed E-state index contributed by atoms with van der Waals surface area (Å²) in [5.41, 5.74) is 3.16. The van der Waals surface area contributed by atoms with Gasteiger partial charge in [0, 0.05) is 38.2 Å². The number of pyridine rings is 1. The number of ether oxygens (including phenoxy) is 1. The minimum Gasteiger partial charge on any atom is -0.456 e. The van der Waals surface area contributed by atoms with Crippen molar-refractivity contribution >= 4 is 17.4 Å². The van der Waals surface area contributed by atoms with E-state index in [0.29, 0.717) is 23.7 Å². The summed E-state index contributed by atoms with van der Waals surface area (Å²) in [6.07, 6.45) is 5.15. The number of carbonyl (C=O) groups excluding carboxylic acids is 1. The van der Waals surface area contributed by atoms with Crippen LogP contribution < -0.4 is 20.3 Å². The molecule has 0 aliphatic carbocycles. The van der Waals surface area contributed by atoms with Crippen LogP contribution >= 0.6 is 0 Å². The van der Waals surface area contributed by atoms with Crippen molar-refractivity contribution in [3.63, 3.8) is 0 Å². The normalized spacial score (nSPS) is 10.3. The van der Waals surface area contributed by atoms with Crippen molar-refractivity contribution in [1.29, 1.82) is 0 Å². The van der Waals surface area contributed by atoms with E-state index in [-0.39, 0.29) is 6.03 Å². The van der Waals surface area contributed by atoms with E-state index in [2.05, 4.69) is 44.8 Å². The number of aryl methyl sites for hydroxylation is 1. The molecule has 0 aliphatic rings. The number of hydrogen-bond acceptors (Lipinski definition) is 4. The first-order valence-corrected chi connectivity index (χ1v) is 9.59. The zero-order chi connectivity index (χ0) is 20.5. The molecule has 0 bridgehead atoms. The highest BCUT2D eigenvalue weighted by Crippen LogP contribution is 2.22. The number of benzene rings is 2. The number of urea groups is 1. The molecule has 2 N–H and O–H groups in total. The summed E-state index contributed by atoms with van der Waals surface area (Å²) in [4.78, 5) is 18.1. The maximum absolute atomic E-state index is 12.1. The molecular formula is C23H26N4O2. The molecular weight excluding hydrogens is 364 g/mol. The Kier molecular flexibility index (Phi) is 7.05. The van der Waals surface area contributed by atoms with E-state index in [4.69, 9.17) is 4.74 Å². The molecule has 0 saturated carbocycles. The molecule has 2 amide bonds. The highest BCUT2D eigenvalue weighted by Gasteiger charge is 2.03. The number of anilines is 2. The monoisotopic (exact) mass is 390 g/mol. The van der Waals surface area contributed by atoms with Gasteiger partial charge in [0.05, 0.1) is 6.20 Å². The van der Waals surface area contributed by atoms with Gasteiger partial charge in [0.2, 0.25) is 0 Å². The van der Waals surface area contributed by atoms with Crippen molar-refractivity contribution in [3.05, 3.63) is 78.6 Å². The third-order valence-electron chi connectivity index (χ3n) is 4.36. The molecule has 0 radical (unpaired) electrons. The zero-order valence-corrected chi connectivity index (χ0v) is 16.8. The Hall–Kier alpha value is -3.54. The average Bonchev–Trinajstić information content (AvgIpc) is 2.74. The molecule has 2 aromatic carbocycles. The Labute approximate surface area is 171 Å². The van der Waals surface area contributed by atoms with Crippen LogP contribution in [0.15, 0.2) is 73.1 Å². The average molecular weight is 390 g/mol. The minimum atomic E-state index is -0.214. The predicted octanol–water partition coefficient (Wildman–Crippen LogP) is 4.69. The number of hydrogen-bond donors (Lipinski definition) is 2. The molecule has 6 nitrogen and oxygen atoms in total. The summed E-state index contributed by atoms with van der Waals surface area (Å²) in [6, 6.07) is 19.1. The van der Waals surface area contributed by atoms with Crippen LogP contribution in [0.5, 0.6) is 11.5 Å². The van der Waals surface area contributed by atoms with Gasteiger partial charge in [0.25, 0.3) is 0 Å². The predicted molar refractivity (Wildman–Crippen MR) is 117 cm³/mol. The largest absolute Gasteiger partial charge is 0.456 e. The van der Waals surface area contributed by atoms with Gasteiger partial charge in [0.15, 0.2) is 0 Å². The van der Waals surface area contributed by atoms with E-state index in [1.165, 1.54) is 11.3 Å². The van der Waals surface area contributed by atoms with Gasteiger partial charge in [-0.3, -0.25) is 4.98 Å². The van der Waals surface area contributed by atoms with Crippen LogP contribution in [0.25, 0.3) is 0 Å². The highest BCUT2D eigenvalue weighted by atomic mass is 16.5. The maximum atomic E-state index is 12.1. The van der Waals surface area contributed by atoms with E-state index in [9.17, 15) is 4.79 Å². The first-order valence-electron chi connectivity index (χ1n) is 9.59. The van der Waals surface area contributed by atoms with Crippen LogP contribution in [0.3, 0.4) is 0 Å². The van der Waals surface area contributed by atoms with Crippen molar-refractivity contribution in [3.8, 4) is 11.5 Å². The van der Waals surface area contributed by atoms with Gasteiger partial charge in [-0.25, -0.2) is 4.79 Å². The lowest BCUT2D eigenvalue weighted by molar-refractivity contribution is 0.252. The number of nitrogens with one attached hydrogen (secondary N) is 2. The van der Waals surface area contributed by atoms with Crippen LogP contribution in [0.4, 0.5) is 16.2 Å². The molecule has 3 rings (SSSR count). The van der Waals surface area contributed by atoms with Crippen molar-refractivity contribution < 1.29 is 9.53 Å². The van der Waals surface area contributed by atoms with Crippen LogP contribution in [-0.2, 0) is 6.42 Å². The Bertz CT molecular complexity index is 894. The Balaban J connectivity index is 1.38. The number of carbonyl (C=O) groups is 1. The van der Waals surface area contributed by atoms with Crippen molar-refractivity contribution in [2.45, 2.75) is 12.8 Å². The number of nitrogens with zero attached hydrogens (tertiary/aromatic N) is 2. The highest BCUT2D eigenvalue weighted by molar-refractivity contribution is 5.89. The van der Waals surface area contributed by atoms with Gasteiger partial charge >= 0.3 is 6.03 Å². The Morgan fingerprint density at radius 2 is 1.76 bits per heavy atom. The van der Waals surface area contributed by atoms with Crippen molar-refractivity contribution in [2.75, 3.05) is 30.9 Å². The Morgan fingerprint density at radius 3 is 2.41 bits per heavy atom. The Morgan fingerprint density at radius 1 is 1.00 bits per heavy atom. The molecule has 150 valence electrons. The molecule has 0 atom stereocenters. The third-order valence-corrected chi connectivity index (χ3v) is 4.36. The topological polar surface area (TPSA) is 66.5 Å². The molecule has 1 aromatic heterocycles. The summed E-state index contributed by atoms with van der Waals surface area (Å²) in [7, 11) is 4.05. The molecule has 0 spiro atoms. The smallest absolute Gasteiger partial charge is 0.319 e. The van der Waals surface area contributed by atoms with Crippen LogP contribution in [-0.4, -0.2) is 31.7 Å². The maximum Gasteiger partial charge on any atom is 0.319 e. The lowest BCUT2D eigenvalue weighted by atomic mass is 10.1. The molecule has 0 unspecified atom stereocenters. The van der Waals surface area contributed by atoms with Gasteiger partial charge in [-0.15, -0.1) is 0 Å². The molecule has 0 aliphatic heterocycles. The summed E-state index contributed by atoms with van der Waals surface area (Å²) < 4.78 is 5.69. The van der Waals surface area contributed by atoms with Gasteiger partial charge in [-0.2, -0.15) is 0 Å². The molecule has 0 fully saturated rings. The van der Waals surface area contributed by atoms with Crippen LogP contribution in [0.2, 0.25) is 0 Å². The minimum absolute atomic E-state index is 0.214. The lowest BCUT2D eigenvalue weighted by Crippen LogP contribution is -2.29. The standard InChI is InChI=1S/C23H26N4O2/c1-27(2)20-11-7-18(8-12-20)5-3-16-25-23(28)26-19-9-13-21(14-10-19)29-22-6-4-15-24-17-22/h4,6-15,17H,3,5,16H2,1-2H3,(H2,25,26,28). The lowest BCUT2D eigenvalue weighted by Gasteiger charge is -2.12.